The third-order valence-electron chi connectivity index (χ3n) is 5.34. The number of rotatable bonds is 8. The minimum absolute atomic E-state index is 0.190. The first-order chi connectivity index (χ1) is 16.1. The molecule has 7 nitrogen and oxygen atoms in total. The molecule has 2 aromatic carbocycles. The molecule has 168 valence electrons. The summed E-state index contributed by atoms with van der Waals surface area (Å²) < 4.78 is 16.1. The van der Waals surface area contributed by atoms with Crippen molar-refractivity contribution in [3.8, 4) is 22.8 Å². The van der Waals surface area contributed by atoms with Gasteiger partial charge in [0.05, 0.1) is 20.8 Å². The number of aryl methyl sites for hydroxylation is 1. The molecule has 2 aromatic heterocycles. The van der Waals surface area contributed by atoms with Gasteiger partial charge in [0, 0.05) is 17.8 Å². The number of amides is 1. The summed E-state index contributed by atoms with van der Waals surface area (Å²) in [5, 5.41) is 4.04. The topological polar surface area (TPSA) is 77.7 Å². The van der Waals surface area contributed by atoms with Crippen molar-refractivity contribution < 1.29 is 18.8 Å². The minimum Gasteiger partial charge on any atom is -0.493 e. The lowest BCUT2D eigenvalue weighted by atomic mass is 10.1. The Labute approximate surface area is 192 Å². The molecule has 0 spiro atoms. The van der Waals surface area contributed by atoms with Crippen LogP contribution in [0.5, 0.6) is 11.5 Å². The molecule has 0 saturated carbocycles. The number of hydrogen-bond donors (Lipinski definition) is 0. The molecule has 0 aliphatic carbocycles. The third kappa shape index (κ3) is 4.87. The van der Waals surface area contributed by atoms with Crippen LogP contribution >= 0.6 is 0 Å². The van der Waals surface area contributed by atoms with Crippen LogP contribution in [-0.2, 0) is 13.0 Å². The van der Waals surface area contributed by atoms with Crippen molar-refractivity contribution in [1.82, 2.24) is 10.1 Å². The Bertz CT molecular complexity index is 1220. The van der Waals surface area contributed by atoms with Crippen LogP contribution in [0.2, 0.25) is 0 Å². The van der Waals surface area contributed by atoms with Crippen molar-refractivity contribution in [1.29, 1.82) is 0 Å². The van der Waals surface area contributed by atoms with Gasteiger partial charge in [0.2, 0.25) is 0 Å². The zero-order valence-electron chi connectivity index (χ0n) is 18.8. The molecule has 0 unspecified atom stereocenters. The number of aromatic nitrogens is 2. The minimum atomic E-state index is -0.302. The molecule has 0 radical (unpaired) electrons. The van der Waals surface area contributed by atoms with Gasteiger partial charge < -0.3 is 14.0 Å². The van der Waals surface area contributed by atoms with E-state index < -0.39 is 0 Å². The highest BCUT2D eigenvalue weighted by molar-refractivity contribution is 6.04. The summed E-state index contributed by atoms with van der Waals surface area (Å²) in [7, 11) is 3.14. The van der Waals surface area contributed by atoms with E-state index in [1.165, 1.54) is 5.56 Å². The molecule has 7 heteroatoms. The van der Waals surface area contributed by atoms with E-state index in [0.29, 0.717) is 29.6 Å². The quantitative estimate of drug-likeness (QED) is 0.374. The number of nitrogens with zero attached hydrogens (tertiary/aromatic N) is 3. The predicted molar refractivity (Wildman–Crippen MR) is 126 cm³/mol. The summed E-state index contributed by atoms with van der Waals surface area (Å²) in [5.74, 6) is 1.85. The smallest absolute Gasteiger partial charge is 0.281 e. The van der Waals surface area contributed by atoms with Gasteiger partial charge in [-0.05, 0) is 47.9 Å². The fourth-order valence-electron chi connectivity index (χ4n) is 3.47. The Morgan fingerprint density at radius 2 is 1.70 bits per heavy atom. The maximum atomic E-state index is 13.5. The van der Waals surface area contributed by atoms with E-state index >= 15 is 0 Å². The normalized spacial score (nSPS) is 10.6. The number of ether oxygens (including phenoxy) is 2. The first kappa shape index (κ1) is 22.1. The summed E-state index contributed by atoms with van der Waals surface area (Å²) in [5.41, 5.74) is 3.15. The molecule has 0 N–H and O–H groups in total. The molecule has 4 aromatic rings. The van der Waals surface area contributed by atoms with E-state index in [1.807, 2.05) is 30.3 Å². The molecular weight excluding hydrogens is 418 g/mol. The fourth-order valence-corrected chi connectivity index (χ4v) is 3.47. The number of carbonyl (C=O) groups is 1. The molecule has 0 fully saturated rings. The summed E-state index contributed by atoms with van der Waals surface area (Å²) >= 11 is 0. The lowest BCUT2D eigenvalue weighted by Crippen LogP contribution is -2.31. The van der Waals surface area contributed by atoms with E-state index in [4.69, 9.17) is 14.0 Å². The Hall–Kier alpha value is -4.13. The van der Waals surface area contributed by atoms with Crippen LogP contribution in [-0.4, -0.2) is 30.3 Å². The third-order valence-corrected chi connectivity index (χ3v) is 5.34. The van der Waals surface area contributed by atoms with Gasteiger partial charge in [0.1, 0.15) is 5.82 Å². The predicted octanol–water partition coefficient (Wildman–Crippen LogP) is 5.16. The van der Waals surface area contributed by atoms with Crippen LogP contribution in [0, 0.1) is 0 Å². The van der Waals surface area contributed by atoms with Crippen LogP contribution < -0.4 is 14.4 Å². The van der Waals surface area contributed by atoms with Gasteiger partial charge in [-0.3, -0.25) is 9.69 Å². The molecule has 0 saturated heterocycles. The summed E-state index contributed by atoms with van der Waals surface area (Å²) in [6.07, 6.45) is 2.62. The summed E-state index contributed by atoms with van der Waals surface area (Å²) in [6, 6.07) is 20.7. The van der Waals surface area contributed by atoms with Crippen molar-refractivity contribution in [3.05, 3.63) is 89.7 Å². The van der Waals surface area contributed by atoms with Gasteiger partial charge in [-0.15, -0.1) is 0 Å². The second-order valence-electron chi connectivity index (χ2n) is 7.40. The van der Waals surface area contributed by atoms with Gasteiger partial charge >= 0.3 is 0 Å². The van der Waals surface area contributed by atoms with Gasteiger partial charge in [0.25, 0.3) is 5.91 Å². The van der Waals surface area contributed by atoms with Gasteiger partial charge in [-0.2, -0.15) is 0 Å². The largest absolute Gasteiger partial charge is 0.493 e. The average molecular weight is 444 g/mol. The molecule has 0 aliphatic heterocycles. The molecule has 0 aliphatic rings. The zero-order chi connectivity index (χ0) is 23.2. The lowest BCUT2D eigenvalue weighted by Gasteiger charge is -2.20. The van der Waals surface area contributed by atoms with Gasteiger partial charge in [0.15, 0.2) is 23.0 Å². The first-order valence-electron chi connectivity index (χ1n) is 10.6. The van der Waals surface area contributed by atoms with Crippen LogP contribution in [0.4, 0.5) is 5.82 Å². The maximum absolute atomic E-state index is 13.5. The van der Waals surface area contributed by atoms with E-state index in [1.54, 1.807) is 49.6 Å². The van der Waals surface area contributed by atoms with Crippen LogP contribution in [0.25, 0.3) is 11.3 Å². The van der Waals surface area contributed by atoms with Crippen molar-refractivity contribution in [2.45, 2.75) is 19.9 Å². The molecule has 33 heavy (non-hydrogen) atoms. The van der Waals surface area contributed by atoms with Gasteiger partial charge in [-0.25, -0.2) is 4.98 Å². The van der Waals surface area contributed by atoms with E-state index in [0.717, 1.165) is 17.5 Å². The molecular formula is C26H25N3O4. The monoisotopic (exact) mass is 443 g/mol. The molecule has 4 rings (SSSR count). The Morgan fingerprint density at radius 1 is 0.939 bits per heavy atom. The number of anilines is 1. The summed E-state index contributed by atoms with van der Waals surface area (Å²) in [6.45, 7) is 2.47. The highest BCUT2D eigenvalue weighted by atomic mass is 16.5. The van der Waals surface area contributed by atoms with E-state index in [2.05, 4.69) is 29.2 Å². The fraction of sp³-hybridized carbons (Fsp3) is 0.192. The van der Waals surface area contributed by atoms with Gasteiger partial charge in [-0.1, -0.05) is 42.4 Å². The Morgan fingerprint density at radius 3 is 2.36 bits per heavy atom. The van der Waals surface area contributed by atoms with Crippen molar-refractivity contribution in [3.63, 3.8) is 0 Å². The standard InChI is InChI=1S/C26H25N3O4/c1-4-18-8-10-19(11-9-18)17-29(25-7-5-6-14-27-25)26(30)21-16-23(33-28-21)20-12-13-22(31-2)24(15-20)32-3/h5-16H,4,17H2,1-3H3. The van der Waals surface area contributed by atoms with Crippen LogP contribution in [0.3, 0.4) is 0 Å². The molecule has 0 bridgehead atoms. The van der Waals surface area contributed by atoms with Crippen molar-refractivity contribution >= 4 is 11.7 Å². The Balaban J connectivity index is 1.63. The SMILES string of the molecule is CCc1ccc(CN(C(=O)c2cc(-c3ccc(OC)c(OC)c3)on2)c2ccccn2)cc1. The molecule has 0 atom stereocenters. The summed E-state index contributed by atoms with van der Waals surface area (Å²) in [4.78, 5) is 19.4. The number of carbonyl (C=O) groups excluding carboxylic acids is 1. The number of benzene rings is 2. The number of hydrogen-bond acceptors (Lipinski definition) is 6. The van der Waals surface area contributed by atoms with Crippen LogP contribution in [0.1, 0.15) is 28.5 Å². The first-order valence-corrected chi connectivity index (χ1v) is 10.6. The Kier molecular flexibility index (Phi) is 6.69. The number of methoxy groups -OCH3 is 2. The number of pyridine rings is 1. The van der Waals surface area contributed by atoms with Crippen molar-refractivity contribution in [2.24, 2.45) is 0 Å². The second-order valence-corrected chi connectivity index (χ2v) is 7.40. The highest BCUT2D eigenvalue weighted by Crippen LogP contribution is 2.32. The average Bonchev–Trinajstić information content (AvgIpc) is 3.38. The second kappa shape index (κ2) is 9.99. The van der Waals surface area contributed by atoms with Crippen molar-refractivity contribution in [2.75, 3.05) is 19.1 Å². The van der Waals surface area contributed by atoms with Crippen LogP contribution in [0.15, 0.2) is 77.4 Å². The van der Waals surface area contributed by atoms with E-state index in [-0.39, 0.29) is 11.6 Å². The molecule has 2 heterocycles. The zero-order valence-corrected chi connectivity index (χ0v) is 18.8. The maximum Gasteiger partial charge on any atom is 0.281 e. The lowest BCUT2D eigenvalue weighted by molar-refractivity contribution is 0.0975. The highest BCUT2D eigenvalue weighted by Gasteiger charge is 2.23. The molecule has 1 amide bonds. The van der Waals surface area contributed by atoms with E-state index in [9.17, 15) is 4.79 Å².